The van der Waals surface area contributed by atoms with E-state index in [-0.39, 0.29) is 25.5 Å². The topological polar surface area (TPSA) is 111 Å². The van der Waals surface area contributed by atoms with E-state index >= 15 is 0 Å². The zero-order chi connectivity index (χ0) is 30.1. The van der Waals surface area contributed by atoms with Gasteiger partial charge in [-0.15, -0.1) is 0 Å². The van der Waals surface area contributed by atoms with Crippen LogP contribution >= 0.6 is 0 Å². The lowest BCUT2D eigenvalue weighted by Crippen LogP contribution is -2.48. The maximum atomic E-state index is 13.3. The van der Waals surface area contributed by atoms with E-state index in [4.69, 9.17) is 9.47 Å². The lowest BCUT2D eigenvalue weighted by atomic mass is 10.1. The highest BCUT2D eigenvalue weighted by molar-refractivity contribution is 6.02. The zero-order valence-corrected chi connectivity index (χ0v) is 24.3. The van der Waals surface area contributed by atoms with Crippen molar-refractivity contribution < 1.29 is 23.9 Å². The molecular formula is C33H36N4O5. The maximum Gasteiger partial charge on any atom is 0.325 e. The molecule has 42 heavy (non-hydrogen) atoms. The number of ether oxygens (including phenoxy) is 2. The van der Waals surface area contributed by atoms with Gasteiger partial charge in [0.15, 0.2) is 6.61 Å². The Morgan fingerprint density at radius 1 is 0.929 bits per heavy atom. The molecule has 1 aromatic heterocycles. The molecule has 2 amide bonds. The average Bonchev–Trinajstić information content (AvgIpc) is 3.23. The van der Waals surface area contributed by atoms with E-state index in [1.165, 1.54) is 0 Å². The molecule has 1 atom stereocenters. The minimum absolute atomic E-state index is 0.0651. The van der Waals surface area contributed by atoms with Gasteiger partial charge in [0.05, 0.1) is 12.8 Å². The van der Waals surface area contributed by atoms with Crippen molar-refractivity contribution in [3.05, 3.63) is 101 Å². The molecule has 0 bridgehead atoms. The predicted octanol–water partition coefficient (Wildman–Crippen LogP) is 4.39. The summed E-state index contributed by atoms with van der Waals surface area (Å²) in [5.74, 6) is -0.572. The van der Waals surface area contributed by atoms with Crippen LogP contribution in [0.25, 0.3) is 10.9 Å². The van der Waals surface area contributed by atoms with Crippen molar-refractivity contribution in [2.24, 2.45) is 5.10 Å². The number of aromatic nitrogens is 1. The number of fused-ring (bicyclic) bond motifs is 1. The van der Waals surface area contributed by atoms with Crippen molar-refractivity contribution in [3.63, 3.8) is 0 Å². The number of esters is 1. The quantitative estimate of drug-likeness (QED) is 0.150. The Balaban J connectivity index is 1.49. The summed E-state index contributed by atoms with van der Waals surface area (Å²) in [6.45, 7) is 7.62. The van der Waals surface area contributed by atoms with E-state index in [1.54, 1.807) is 13.1 Å². The number of para-hydroxylation sites is 2. The number of hydrogen-bond donors (Lipinski definition) is 2. The molecule has 0 aliphatic rings. The Bertz CT molecular complexity index is 1570. The maximum absolute atomic E-state index is 13.3. The third-order valence-electron chi connectivity index (χ3n) is 6.93. The molecular weight excluding hydrogens is 532 g/mol. The standard InChI is InChI=1S/C33H36N4O5/c1-5-41-31(39)20-37-24(4)27(26-16-9-10-17-29(26)37)19-34-36-33(40)28(18-25-14-7-6-8-15-25)35-30(38)21-42-32-22(2)12-11-13-23(32)3/h6-17,19,28H,5,18,20-21H2,1-4H3,(H,35,38)(H,36,40)/b34-19-/t28-/m1/s1. The lowest BCUT2D eigenvalue weighted by Gasteiger charge is -2.18. The van der Waals surface area contributed by atoms with Crippen LogP contribution < -0.4 is 15.5 Å². The van der Waals surface area contributed by atoms with Gasteiger partial charge in [-0.05, 0) is 50.5 Å². The molecule has 0 aliphatic carbocycles. The molecule has 9 heteroatoms. The van der Waals surface area contributed by atoms with Crippen LogP contribution in [0.5, 0.6) is 5.75 Å². The van der Waals surface area contributed by atoms with Crippen molar-refractivity contribution in [2.75, 3.05) is 13.2 Å². The van der Waals surface area contributed by atoms with Gasteiger partial charge in [0.25, 0.3) is 11.8 Å². The van der Waals surface area contributed by atoms with Crippen LogP contribution in [-0.4, -0.2) is 47.8 Å². The van der Waals surface area contributed by atoms with E-state index in [0.717, 1.165) is 38.9 Å². The van der Waals surface area contributed by atoms with E-state index in [0.29, 0.717) is 12.4 Å². The van der Waals surface area contributed by atoms with E-state index < -0.39 is 17.9 Å². The number of carbonyl (C=O) groups is 3. The first kappa shape index (κ1) is 30.0. The Kier molecular flexibility index (Phi) is 10.1. The van der Waals surface area contributed by atoms with Crippen LogP contribution in [0.4, 0.5) is 0 Å². The summed E-state index contributed by atoms with van der Waals surface area (Å²) in [5.41, 5.74) is 7.75. The lowest BCUT2D eigenvalue weighted by molar-refractivity contribution is -0.143. The van der Waals surface area contributed by atoms with Gasteiger partial charge in [-0.1, -0.05) is 66.7 Å². The summed E-state index contributed by atoms with van der Waals surface area (Å²) >= 11 is 0. The number of nitrogens with one attached hydrogen (secondary N) is 2. The number of rotatable bonds is 12. The Morgan fingerprint density at radius 2 is 1.62 bits per heavy atom. The number of hydrazone groups is 1. The third-order valence-corrected chi connectivity index (χ3v) is 6.93. The summed E-state index contributed by atoms with van der Waals surface area (Å²) in [6, 6.07) is 22.0. The molecule has 2 N–H and O–H groups in total. The van der Waals surface area contributed by atoms with Gasteiger partial charge in [-0.3, -0.25) is 14.4 Å². The first-order valence-electron chi connectivity index (χ1n) is 13.9. The van der Waals surface area contributed by atoms with Crippen molar-refractivity contribution in [3.8, 4) is 5.75 Å². The highest BCUT2D eigenvalue weighted by Gasteiger charge is 2.22. The van der Waals surface area contributed by atoms with Gasteiger partial charge in [-0.2, -0.15) is 5.10 Å². The number of carbonyl (C=O) groups excluding carboxylic acids is 3. The fraction of sp³-hybridized carbons (Fsp3) is 0.273. The molecule has 4 aromatic rings. The van der Waals surface area contributed by atoms with Crippen LogP contribution in [0.2, 0.25) is 0 Å². The molecule has 0 radical (unpaired) electrons. The molecule has 0 spiro atoms. The molecule has 3 aromatic carbocycles. The first-order valence-corrected chi connectivity index (χ1v) is 13.9. The Morgan fingerprint density at radius 3 is 2.33 bits per heavy atom. The summed E-state index contributed by atoms with van der Waals surface area (Å²) in [7, 11) is 0. The molecule has 0 saturated heterocycles. The van der Waals surface area contributed by atoms with Gasteiger partial charge in [0.2, 0.25) is 0 Å². The Labute approximate surface area is 245 Å². The SMILES string of the molecule is CCOC(=O)Cn1c(C)c(/C=N\NC(=O)[C@@H](Cc2ccccc2)NC(=O)COc2c(C)cccc2C)c2ccccc21. The molecule has 4 rings (SSSR count). The summed E-state index contributed by atoms with van der Waals surface area (Å²) in [5, 5.41) is 7.91. The van der Waals surface area contributed by atoms with Gasteiger partial charge in [0.1, 0.15) is 18.3 Å². The Hall–Kier alpha value is -4.92. The van der Waals surface area contributed by atoms with Crippen LogP contribution in [0.1, 0.15) is 34.9 Å². The van der Waals surface area contributed by atoms with Gasteiger partial charge < -0.3 is 19.4 Å². The van der Waals surface area contributed by atoms with Crippen LogP contribution in [0.15, 0.2) is 77.9 Å². The summed E-state index contributed by atoms with van der Waals surface area (Å²) < 4.78 is 12.8. The average molecular weight is 569 g/mol. The molecule has 0 fully saturated rings. The minimum Gasteiger partial charge on any atom is -0.483 e. The van der Waals surface area contributed by atoms with Crippen molar-refractivity contribution in [2.45, 2.75) is 46.7 Å². The fourth-order valence-corrected chi connectivity index (χ4v) is 4.86. The second-order valence-corrected chi connectivity index (χ2v) is 9.96. The van der Waals surface area contributed by atoms with Crippen LogP contribution in [0, 0.1) is 20.8 Å². The minimum atomic E-state index is -0.884. The van der Waals surface area contributed by atoms with Gasteiger partial charge >= 0.3 is 5.97 Å². The monoisotopic (exact) mass is 568 g/mol. The van der Waals surface area contributed by atoms with Crippen molar-refractivity contribution in [1.29, 1.82) is 0 Å². The third kappa shape index (κ3) is 7.42. The van der Waals surface area contributed by atoms with Gasteiger partial charge in [0, 0.05) is 28.6 Å². The number of amides is 2. The molecule has 1 heterocycles. The molecule has 218 valence electrons. The number of nitrogens with zero attached hydrogens (tertiary/aromatic N) is 2. The highest BCUT2D eigenvalue weighted by Crippen LogP contribution is 2.25. The molecule has 0 saturated carbocycles. The molecule has 0 unspecified atom stereocenters. The normalized spacial score (nSPS) is 11.8. The van der Waals surface area contributed by atoms with E-state index in [9.17, 15) is 14.4 Å². The van der Waals surface area contributed by atoms with E-state index in [1.807, 2.05) is 98.1 Å². The smallest absolute Gasteiger partial charge is 0.325 e. The fourth-order valence-electron chi connectivity index (χ4n) is 4.86. The predicted molar refractivity (Wildman–Crippen MR) is 163 cm³/mol. The van der Waals surface area contributed by atoms with Crippen molar-refractivity contribution >= 4 is 34.9 Å². The second-order valence-electron chi connectivity index (χ2n) is 9.96. The largest absolute Gasteiger partial charge is 0.483 e. The number of benzene rings is 3. The molecule has 0 aliphatic heterocycles. The first-order chi connectivity index (χ1) is 20.3. The zero-order valence-electron chi connectivity index (χ0n) is 24.3. The van der Waals surface area contributed by atoms with Crippen LogP contribution in [0.3, 0.4) is 0 Å². The van der Waals surface area contributed by atoms with Gasteiger partial charge in [-0.25, -0.2) is 5.43 Å². The number of hydrogen-bond acceptors (Lipinski definition) is 6. The van der Waals surface area contributed by atoms with Crippen molar-refractivity contribution in [1.82, 2.24) is 15.3 Å². The highest BCUT2D eigenvalue weighted by atomic mass is 16.5. The summed E-state index contributed by atoms with van der Waals surface area (Å²) in [6.07, 6.45) is 1.83. The van der Waals surface area contributed by atoms with Crippen LogP contribution in [-0.2, 0) is 32.1 Å². The number of aryl methyl sites for hydroxylation is 2. The second kappa shape index (κ2) is 14.1. The van der Waals surface area contributed by atoms with E-state index in [2.05, 4.69) is 15.8 Å². The summed E-state index contributed by atoms with van der Waals surface area (Å²) in [4.78, 5) is 38.4. The molecule has 9 nitrogen and oxygen atoms in total.